The molecule has 2 aromatic rings. The fourth-order valence-corrected chi connectivity index (χ4v) is 2.86. The van der Waals surface area contributed by atoms with Crippen molar-refractivity contribution in [3.05, 3.63) is 44.7 Å². The van der Waals surface area contributed by atoms with E-state index in [1.54, 1.807) is 17.1 Å². The molecule has 0 radical (unpaired) electrons. The quantitative estimate of drug-likeness (QED) is 0.702. The molecule has 0 unspecified atom stereocenters. The second-order valence-corrected chi connectivity index (χ2v) is 6.93. The monoisotopic (exact) mass is 455 g/mol. The van der Waals surface area contributed by atoms with E-state index in [0.29, 0.717) is 12.8 Å². The summed E-state index contributed by atoms with van der Waals surface area (Å²) in [5, 5.41) is 6.59. The van der Waals surface area contributed by atoms with E-state index in [9.17, 15) is 18.0 Å². The molecule has 1 amide bonds. The summed E-state index contributed by atoms with van der Waals surface area (Å²) >= 11 is 7.95. The van der Waals surface area contributed by atoms with Crippen LogP contribution in [0.1, 0.15) is 18.4 Å². The number of nitrogens with one attached hydrogen (secondary N) is 1. The smallest absolute Gasteiger partial charge is 0.323 e. The first kappa shape index (κ1) is 16.6. The minimum atomic E-state index is -4.48. The van der Waals surface area contributed by atoms with Gasteiger partial charge in [-0.1, -0.05) is 11.6 Å². The molecule has 0 bridgehead atoms. The van der Waals surface area contributed by atoms with E-state index in [-0.39, 0.29) is 16.6 Å². The zero-order valence-corrected chi connectivity index (χ0v) is 14.4. The van der Waals surface area contributed by atoms with Crippen LogP contribution in [0.5, 0.6) is 0 Å². The lowest BCUT2D eigenvalue weighted by molar-refractivity contribution is -0.137. The number of hydrogen-bond acceptors (Lipinski definition) is 2. The summed E-state index contributed by atoms with van der Waals surface area (Å²) in [5.41, 5.74) is -1.49. The summed E-state index contributed by atoms with van der Waals surface area (Å²) in [4.78, 5) is 12.5. The highest BCUT2D eigenvalue weighted by atomic mass is 127. The van der Waals surface area contributed by atoms with Crippen molar-refractivity contribution in [2.75, 3.05) is 5.32 Å². The van der Waals surface area contributed by atoms with Crippen molar-refractivity contribution in [3.63, 3.8) is 0 Å². The number of alkyl halides is 3. The summed E-state index contributed by atoms with van der Waals surface area (Å²) in [6.45, 7) is 0. The molecule has 0 atom stereocenters. The standard InChI is InChI=1S/C14H10ClF3IN3O/c15-10-5-8(14(16,17)18)1-2-11(10)21-12(23)13(3-4-13)22-7-9(19)6-20-22/h1-2,5-7H,3-4H2,(H,21,23). The van der Waals surface area contributed by atoms with E-state index in [0.717, 1.165) is 21.8 Å². The van der Waals surface area contributed by atoms with Crippen molar-refractivity contribution in [2.24, 2.45) is 0 Å². The van der Waals surface area contributed by atoms with Crippen LogP contribution in [0.3, 0.4) is 0 Å². The lowest BCUT2D eigenvalue weighted by atomic mass is 10.2. The number of carbonyl (C=O) groups excluding carboxylic acids is 1. The molecule has 1 N–H and O–H groups in total. The van der Waals surface area contributed by atoms with Crippen LogP contribution in [0.25, 0.3) is 0 Å². The van der Waals surface area contributed by atoms with Crippen LogP contribution in [0.15, 0.2) is 30.6 Å². The lowest BCUT2D eigenvalue weighted by Crippen LogP contribution is -2.33. The Morgan fingerprint density at radius 3 is 2.57 bits per heavy atom. The van der Waals surface area contributed by atoms with Gasteiger partial charge in [0.25, 0.3) is 5.91 Å². The molecule has 1 aliphatic rings. The summed E-state index contributed by atoms with van der Waals surface area (Å²) in [5.74, 6) is -0.335. The third-order valence-electron chi connectivity index (χ3n) is 3.68. The molecule has 1 aromatic carbocycles. The first-order valence-corrected chi connectivity index (χ1v) is 8.07. The summed E-state index contributed by atoms with van der Waals surface area (Å²) in [7, 11) is 0. The van der Waals surface area contributed by atoms with E-state index in [2.05, 4.69) is 33.0 Å². The molecule has 1 saturated carbocycles. The van der Waals surface area contributed by atoms with Gasteiger partial charge in [-0.25, -0.2) is 0 Å². The number of hydrogen-bond donors (Lipinski definition) is 1. The molecule has 1 aliphatic carbocycles. The molecular formula is C14H10ClF3IN3O. The number of nitrogens with zero attached hydrogens (tertiary/aromatic N) is 2. The average molecular weight is 456 g/mol. The molecular weight excluding hydrogens is 446 g/mol. The molecule has 23 heavy (non-hydrogen) atoms. The number of aromatic nitrogens is 2. The molecule has 0 saturated heterocycles. The van der Waals surface area contributed by atoms with Crippen molar-refractivity contribution in [3.8, 4) is 0 Å². The molecule has 1 heterocycles. The Morgan fingerprint density at radius 1 is 1.39 bits per heavy atom. The minimum Gasteiger partial charge on any atom is -0.323 e. The Morgan fingerprint density at radius 2 is 2.09 bits per heavy atom. The van der Waals surface area contributed by atoms with Gasteiger partial charge >= 0.3 is 6.18 Å². The second kappa shape index (κ2) is 5.66. The van der Waals surface area contributed by atoms with E-state index < -0.39 is 17.3 Å². The topological polar surface area (TPSA) is 46.9 Å². The van der Waals surface area contributed by atoms with Gasteiger partial charge in [0.05, 0.1) is 26.0 Å². The van der Waals surface area contributed by atoms with Gasteiger partial charge < -0.3 is 5.32 Å². The predicted molar refractivity (Wildman–Crippen MR) is 87.2 cm³/mol. The van der Waals surface area contributed by atoms with Gasteiger partial charge in [0.2, 0.25) is 0 Å². The zero-order valence-electron chi connectivity index (χ0n) is 11.5. The number of amides is 1. The van der Waals surface area contributed by atoms with Crippen LogP contribution >= 0.6 is 34.2 Å². The SMILES string of the molecule is O=C(Nc1ccc(C(F)(F)F)cc1Cl)C1(n2cc(I)cn2)CC1. The Labute approximate surface area is 148 Å². The van der Waals surface area contributed by atoms with E-state index in [1.165, 1.54) is 0 Å². The van der Waals surface area contributed by atoms with Crippen molar-refractivity contribution in [1.82, 2.24) is 9.78 Å². The third-order valence-corrected chi connectivity index (χ3v) is 4.55. The predicted octanol–water partition coefficient (Wildman–Crippen LogP) is 4.29. The van der Waals surface area contributed by atoms with Crippen LogP contribution in [-0.4, -0.2) is 15.7 Å². The number of carbonyl (C=O) groups is 1. The highest BCUT2D eigenvalue weighted by molar-refractivity contribution is 14.1. The molecule has 122 valence electrons. The van der Waals surface area contributed by atoms with Gasteiger partial charge in [-0.05, 0) is 53.6 Å². The van der Waals surface area contributed by atoms with Crippen LogP contribution < -0.4 is 5.32 Å². The van der Waals surface area contributed by atoms with Crippen molar-refractivity contribution in [2.45, 2.75) is 24.6 Å². The highest BCUT2D eigenvalue weighted by Gasteiger charge is 2.52. The summed E-state index contributed by atoms with van der Waals surface area (Å²) in [6.07, 6.45) is 0.153. The molecule has 0 spiro atoms. The van der Waals surface area contributed by atoms with Crippen molar-refractivity contribution < 1.29 is 18.0 Å². The molecule has 1 aromatic heterocycles. The highest BCUT2D eigenvalue weighted by Crippen LogP contribution is 2.44. The van der Waals surface area contributed by atoms with Crippen LogP contribution in [0.2, 0.25) is 5.02 Å². The summed E-state index contributed by atoms with van der Waals surface area (Å²) < 4.78 is 40.4. The molecule has 0 aliphatic heterocycles. The van der Waals surface area contributed by atoms with Gasteiger partial charge in [-0.2, -0.15) is 18.3 Å². The van der Waals surface area contributed by atoms with Gasteiger partial charge in [0.1, 0.15) is 5.54 Å². The van der Waals surface area contributed by atoms with Gasteiger partial charge in [-0.3, -0.25) is 9.48 Å². The van der Waals surface area contributed by atoms with Crippen molar-refractivity contribution >= 4 is 45.8 Å². The Kier molecular flexibility index (Phi) is 4.07. The molecule has 3 rings (SSSR count). The first-order chi connectivity index (χ1) is 10.7. The maximum absolute atomic E-state index is 12.6. The van der Waals surface area contributed by atoms with Gasteiger partial charge in [0, 0.05) is 6.20 Å². The fourth-order valence-electron chi connectivity index (χ4n) is 2.24. The lowest BCUT2D eigenvalue weighted by Gasteiger charge is -2.17. The number of benzene rings is 1. The Hall–Kier alpha value is -1.29. The zero-order chi connectivity index (χ0) is 16.8. The Balaban J connectivity index is 1.81. The van der Waals surface area contributed by atoms with Crippen LogP contribution in [0, 0.1) is 3.57 Å². The van der Waals surface area contributed by atoms with E-state index in [4.69, 9.17) is 11.6 Å². The number of anilines is 1. The molecule has 4 nitrogen and oxygen atoms in total. The van der Waals surface area contributed by atoms with Gasteiger partial charge in [-0.15, -0.1) is 0 Å². The normalized spacial score (nSPS) is 16.2. The maximum Gasteiger partial charge on any atom is 0.416 e. The maximum atomic E-state index is 12.6. The average Bonchev–Trinajstić information content (AvgIpc) is 3.16. The molecule has 9 heteroatoms. The fraction of sp³-hybridized carbons (Fsp3) is 0.286. The summed E-state index contributed by atoms with van der Waals surface area (Å²) in [6, 6.07) is 2.84. The van der Waals surface area contributed by atoms with Gasteiger partial charge in [0.15, 0.2) is 0 Å². The third kappa shape index (κ3) is 3.18. The second-order valence-electron chi connectivity index (χ2n) is 5.28. The van der Waals surface area contributed by atoms with Crippen molar-refractivity contribution in [1.29, 1.82) is 0 Å². The number of rotatable bonds is 3. The first-order valence-electron chi connectivity index (χ1n) is 6.61. The van der Waals surface area contributed by atoms with Crippen LogP contribution in [0.4, 0.5) is 18.9 Å². The largest absolute Gasteiger partial charge is 0.416 e. The number of halogens is 5. The minimum absolute atomic E-state index is 0.151. The Bertz CT molecular complexity index is 771. The molecule has 1 fully saturated rings. The van der Waals surface area contributed by atoms with E-state index >= 15 is 0 Å². The van der Waals surface area contributed by atoms with Crippen LogP contribution in [-0.2, 0) is 16.5 Å². The van der Waals surface area contributed by atoms with E-state index in [1.807, 2.05) is 0 Å².